The van der Waals surface area contributed by atoms with Crippen LogP contribution in [0.25, 0.3) is 0 Å². The largest absolute Gasteiger partial charge is 0.454 e. The lowest BCUT2D eigenvalue weighted by Gasteiger charge is -2.32. The monoisotopic (exact) mass is 359 g/mol. The highest BCUT2D eigenvalue weighted by Gasteiger charge is 2.24. The van der Waals surface area contributed by atoms with Crippen molar-refractivity contribution in [3.63, 3.8) is 0 Å². The van der Waals surface area contributed by atoms with Gasteiger partial charge in [0.1, 0.15) is 5.76 Å². The van der Waals surface area contributed by atoms with E-state index in [1.165, 1.54) is 4.90 Å². The van der Waals surface area contributed by atoms with Crippen LogP contribution in [0.3, 0.4) is 0 Å². The van der Waals surface area contributed by atoms with E-state index in [0.29, 0.717) is 11.7 Å². The van der Waals surface area contributed by atoms with Crippen molar-refractivity contribution in [2.45, 2.75) is 25.9 Å². The Bertz CT molecular complexity index is 738. The fraction of sp³-hybridized carbons (Fsp3) is 0.500. The highest BCUT2D eigenvalue weighted by Crippen LogP contribution is 2.18. The zero-order valence-electron chi connectivity index (χ0n) is 15.2. The van der Waals surface area contributed by atoms with E-state index in [1.807, 2.05) is 17.4 Å². The minimum Gasteiger partial charge on any atom is -0.454 e. The van der Waals surface area contributed by atoms with Crippen LogP contribution in [0.15, 0.2) is 35.3 Å². The molecule has 1 saturated heterocycles. The molecule has 26 heavy (non-hydrogen) atoms. The minimum atomic E-state index is -0.194. The van der Waals surface area contributed by atoms with E-state index in [-0.39, 0.29) is 24.2 Å². The fourth-order valence-corrected chi connectivity index (χ4v) is 3.17. The second-order valence-corrected chi connectivity index (χ2v) is 6.84. The van der Waals surface area contributed by atoms with Crippen molar-refractivity contribution < 1.29 is 14.0 Å². The van der Waals surface area contributed by atoms with Gasteiger partial charge in [0.05, 0.1) is 12.9 Å². The standard InChI is InChI=1S/C18H25N5O3/c1-21(2)17(24)16-6-5-15(26-16)10-20-18(25)23-8-3-4-14(12-23)11-22-9-7-19-13-22/h5-7,9,13-14H,3-4,8,10-12H2,1-2H3,(H,20,25). The minimum absolute atomic E-state index is 0.0998. The van der Waals surface area contributed by atoms with Crippen LogP contribution in [-0.4, -0.2) is 58.5 Å². The number of imidazole rings is 1. The van der Waals surface area contributed by atoms with Crippen molar-refractivity contribution >= 4 is 11.9 Å². The second kappa shape index (κ2) is 8.07. The molecule has 8 nitrogen and oxygen atoms in total. The third kappa shape index (κ3) is 4.44. The van der Waals surface area contributed by atoms with Gasteiger partial charge in [-0.2, -0.15) is 0 Å². The maximum Gasteiger partial charge on any atom is 0.317 e. The van der Waals surface area contributed by atoms with Crippen LogP contribution in [0, 0.1) is 5.92 Å². The summed E-state index contributed by atoms with van der Waals surface area (Å²) in [6, 6.07) is 3.25. The van der Waals surface area contributed by atoms with Gasteiger partial charge in [-0.3, -0.25) is 4.79 Å². The Morgan fingerprint density at radius 3 is 2.96 bits per heavy atom. The van der Waals surface area contributed by atoms with Gasteiger partial charge in [-0.05, 0) is 30.9 Å². The molecule has 1 aliphatic heterocycles. The van der Waals surface area contributed by atoms with E-state index < -0.39 is 0 Å². The SMILES string of the molecule is CN(C)C(=O)c1ccc(CNC(=O)N2CCCC(Cn3ccnc3)C2)o1. The normalized spacial score (nSPS) is 17.2. The lowest BCUT2D eigenvalue weighted by Crippen LogP contribution is -2.45. The molecule has 0 spiro atoms. The molecule has 8 heteroatoms. The molecule has 3 heterocycles. The summed E-state index contributed by atoms with van der Waals surface area (Å²) in [4.78, 5) is 31.7. The van der Waals surface area contributed by atoms with Crippen LogP contribution < -0.4 is 5.32 Å². The lowest BCUT2D eigenvalue weighted by atomic mass is 9.98. The fourth-order valence-electron chi connectivity index (χ4n) is 3.17. The van der Waals surface area contributed by atoms with Crippen LogP contribution in [0.5, 0.6) is 0 Å². The molecule has 0 radical (unpaired) electrons. The highest BCUT2D eigenvalue weighted by molar-refractivity contribution is 5.91. The van der Waals surface area contributed by atoms with E-state index >= 15 is 0 Å². The average molecular weight is 359 g/mol. The van der Waals surface area contributed by atoms with Crippen molar-refractivity contribution in [3.05, 3.63) is 42.4 Å². The summed E-state index contributed by atoms with van der Waals surface area (Å²) >= 11 is 0. The van der Waals surface area contributed by atoms with Crippen LogP contribution in [-0.2, 0) is 13.1 Å². The summed E-state index contributed by atoms with van der Waals surface area (Å²) < 4.78 is 7.55. The van der Waals surface area contributed by atoms with Crippen molar-refractivity contribution in [3.8, 4) is 0 Å². The van der Waals surface area contributed by atoms with Crippen molar-refractivity contribution in [1.29, 1.82) is 0 Å². The maximum absolute atomic E-state index is 12.4. The molecule has 3 amide bonds. The number of likely N-dealkylation sites (tertiary alicyclic amines) is 1. The number of piperidine rings is 1. The summed E-state index contributed by atoms with van der Waals surface area (Å²) in [5.74, 6) is 1.07. The second-order valence-electron chi connectivity index (χ2n) is 6.84. The van der Waals surface area contributed by atoms with Gasteiger partial charge in [0.15, 0.2) is 5.76 Å². The molecular weight excluding hydrogens is 334 g/mol. The summed E-state index contributed by atoms with van der Waals surface area (Å²) in [6.07, 6.45) is 7.63. The van der Waals surface area contributed by atoms with Crippen molar-refractivity contribution in [2.24, 2.45) is 5.92 Å². The van der Waals surface area contributed by atoms with Gasteiger partial charge >= 0.3 is 6.03 Å². The topological polar surface area (TPSA) is 83.6 Å². The van der Waals surface area contributed by atoms with Gasteiger partial charge < -0.3 is 24.1 Å². The Morgan fingerprint density at radius 1 is 1.38 bits per heavy atom. The molecule has 3 rings (SSSR count). The summed E-state index contributed by atoms with van der Waals surface area (Å²) in [6.45, 7) is 2.63. The molecule has 1 aliphatic rings. The molecule has 2 aromatic rings. The first kappa shape index (κ1) is 18.0. The van der Waals surface area contributed by atoms with Gasteiger partial charge in [-0.1, -0.05) is 0 Å². The number of urea groups is 1. The summed E-state index contributed by atoms with van der Waals surface area (Å²) in [7, 11) is 3.34. The predicted molar refractivity (Wildman–Crippen MR) is 95.5 cm³/mol. The molecule has 2 aromatic heterocycles. The van der Waals surface area contributed by atoms with E-state index in [0.717, 1.165) is 32.5 Å². The smallest absolute Gasteiger partial charge is 0.317 e. The Labute approximate surface area is 152 Å². The van der Waals surface area contributed by atoms with Gasteiger partial charge in [0, 0.05) is 46.1 Å². The summed E-state index contributed by atoms with van der Waals surface area (Å²) in [5, 5.41) is 2.88. The Morgan fingerprint density at radius 2 is 2.23 bits per heavy atom. The maximum atomic E-state index is 12.4. The third-order valence-corrected chi connectivity index (χ3v) is 4.53. The Hall–Kier alpha value is -2.77. The molecule has 1 atom stereocenters. The molecule has 0 aliphatic carbocycles. The van der Waals surface area contributed by atoms with Gasteiger partial charge in [-0.15, -0.1) is 0 Å². The number of amides is 3. The molecule has 0 saturated carbocycles. The van der Waals surface area contributed by atoms with Gasteiger partial charge in [-0.25, -0.2) is 9.78 Å². The molecular formula is C18H25N5O3. The molecule has 1 fully saturated rings. The van der Waals surface area contributed by atoms with Crippen molar-refractivity contribution in [2.75, 3.05) is 27.2 Å². The Balaban J connectivity index is 1.49. The zero-order valence-corrected chi connectivity index (χ0v) is 15.2. The number of hydrogen-bond donors (Lipinski definition) is 1. The van der Waals surface area contributed by atoms with Crippen LogP contribution in [0.1, 0.15) is 29.2 Å². The van der Waals surface area contributed by atoms with E-state index in [2.05, 4.69) is 14.9 Å². The molecule has 1 N–H and O–H groups in total. The van der Waals surface area contributed by atoms with E-state index in [1.54, 1.807) is 32.4 Å². The van der Waals surface area contributed by atoms with Crippen LogP contribution >= 0.6 is 0 Å². The van der Waals surface area contributed by atoms with E-state index in [4.69, 9.17) is 4.42 Å². The predicted octanol–water partition coefficient (Wildman–Crippen LogP) is 1.80. The first-order chi connectivity index (χ1) is 12.5. The number of furan rings is 1. The number of carbonyl (C=O) groups is 2. The zero-order chi connectivity index (χ0) is 18.5. The van der Waals surface area contributed by atoms with Gasteiger partial charge in [0.25, 0.3) is 5.91 Å². The molecule has 0 bridgehead atoms. The number of nitrogens with zero attached hydrogens (tertiary/aromatic N) is 4. The van der Waals surface area contributed by atoms with Crippen LogP contribution in [0.4, 0.5) is 4.79 Å². The number of aromatic nitrogens is 2. The first-order valence-electron chi connectivity index (χ1n) is 8.82. The average Bonchev–Trinajstić information content (AvgIpc) is 3.31. The van der Waals surface area contributed by atoms with E-state index in [9.17, 15) is 9.59 Å². The molecule has 0 aromatic carbocycles. The van der Waals surface area contributed by atoms with Crippen LogP contribution in [0.2, 0.25) is 0 Å². The Kier molecular flexibility index (Phi) is 5.60. The number of rotatable bonds is 5. The molecule has 1 unspecified atom stereocenters. The number of carbonyl (C=O) groups excluding carboxylic acids is 2. The number of hydrogen-bond acceptors (Lipinski definition) is 4. The van der Waals surface area contributed by atoms with Gasteiger partial charge in [0.2, 0.25) is 0 Å². The first-order valence-corrected chi connectivity index (χ1v) is 8.82. The summed E-state index contributed by atoms with van der Waals surface area (Å²) in [5.41, 5.74) is 0. The van der Waals surface area contributed by atoms with Crippen molar-refractivity contribution in [1.82, 2.24) is 24.7 Å². The number of nitrogens with one attached hydrogen (secondary N) is 1. The quantitative estimate of drug-likeness (QED) is 0.882. The lowest BCUT2D eigenvalue weighted by molar-refractivity contribution is 0.0794. The molecule has 140 valence electrons. The third-order valence-electron chi connectivity index (χ3n) is 4.53. The highest BCUT2D eigenvalue weighted by atomic mass is 16.4.